The molecule has 1 aliphatic rings. The molecule has 1 aliphatic heterocycles. The fourth-order valence-corrected chi connectivity index (χ4v) is 4.86. The number of alkyl halides is 2. The Hall–Kier alpha value is -4.36. The zero-order valence-electron chi connectivity index (χ0n) is 21.7. The second-order valence-electron chi connectivity index (χ2n) is 9.85. The van der Waals surface area contributed by atoms with Gasteiger partial charge in [0.05, 0.1) is 12.9 Å². The van der Waals surface area contributed by atoms with Crippen LogP contribution in [0.15, 0.2) is 44.7 Å². The molecule has 39 heavy (non-hydrogen) atoms. The Kier molecular flexibility index (Phi) is 6.78. The van der Waals surface area contributed by atoms with Gasteiger partial charge in [0.1, 0.15) is 29.6 Å². The van der Waals surface area contributed by atoms with E-state index in [0.29, 0.717) is 43.2 Å². The van der Waals surface area contributed by atoms with Crippen LogP contribution in [0.3, 0.4) is 0 Å². The van der Waals surface area contributed by atoms with Crippen LogP contribution in [-0.2, 0) is 24.9 Å². The Balaban J connectivity index is 1.33. The molecule has 0 spiro atoms. The number of anilines is 2. The molecule has 14 heteroatoms. The predicted octanol–water partition coefficient (Wildman–Crippen LogP) is 2.15. The van der Waals surface area contributed by atoms with Gasteiger partial charge in [-0.25, -0.2) is 23.5 Å². The molecular weight excluding hydrogens is 514 g/mol. The van der Waals surface area contributed by atoms with Gasteiger partial charge in [0.25, 0.3) is 5.56 Å². The first kappa shape index (κ1) is 26.3. The number of carbonyl (C=O) groups is 1. The number of piperidine rings is 1. The summed E-state index contributed by atoms with van der Waals surface area (Å²) in [5, 5.41) is 6.57. The van der Waals surface area contributed by atoms with Crippen LogP contribution in [-0.4, -0.2) is 53.7 Å². The number of aromatic nitrogens is 6. The molecule has 5 rings (SSSR count). The van der Waals surface area contributed by atoms with E-state index in [1.807, 2.05) is 4.90 Å². The van der Waals surface area contributed by atoms with Gasteiger partial charge in [-0.3, -0.25) is 18.7 Å². The number of pyridine rings is 1. The number of carbonyl (C=O) groups excluding carboxylic acids is 1. The first-order valence-corrected chi connectivity index (χ1v) is 12.5. The second kappa shape index (κ2) is 10.1. The first-order valence-electron chi connectivity index (χ1n) is 12.5. The van der Waals surface area contributed by atoms with Crippen LogP contribution in [0.25, 0.3) is 11.2 Å². The Labute approximate surface area is 220 Å². The zero-order chi connectivity index (χ0) is 27.9. The van der Waals surface area contributed by atoms with Gasteiger partial charge in [0.2, 0.25) is 11.8 Å². The minimum absolute atomic E-state index is 0.0878. The summed E-state index contributed by atoms with van der Waals surface area (Å²) >= 11 is 0. The Morgan fingerprint density at radius 3 is 2.64 bits per heavy atom. The van der Waals surface area contributed by atoms with E-state index in [1.54, 1.807) is 31.2 Å². The number of rotatable bonds is 7. The molecule has 0 unspecified atom stereocenters. The maximum absolute atomic E-state index is 13.7. The Morgan fingerprint density at radius 1 is 1.23 bits per heavy atom. The van der Waals surface area contributed by atoms with E-state index in [4.69, 9.17) is 4.52 Å². The van der Waals surface area contributed by atoms with Gasteiger partial charge in [-0.15, -0.1) is 0 Å². The largest absolute Gasteiger partial charge is 0.361 e. The van der Waals surface area contributed by atoms with Crippen molar-refractivity contribution in [3.8, 4) is 0 Å². The maximum Gasteiger partial charge on any atom is 0.332 e. The second-order valence-corrected chi connectivity index (χ2v) is 9.85. The van der Waals surface area contributed by atoms with Crippen molar-refractivity contribution >= 4 is 28.7 Å². The van der Waals surface area contributed by atoms with Gasteiger partial charge in [0.15, 0.2) is 11.2 Å². The highest BCUT2D eigenvalue weighted by molar-refractivity contribution is 5.90. The number of hydrogen-bond acceptors (Lipinski definition) is 8. The van der Waals surface area contributed by atoms with Crippen molar-refractivity contribution in [3.63, 3.8) is 0 Å². The van der Waals surface area contributed by atoms with Crippen molar-refractivity contribution in [2.24, 2.45) is 13.0 Å². The fourth-order valence-electron chi connectivity index (χ4n) is 4.86. The van der Waals surface area contributed by atoms with E-state index in [2.05, 4.69) is 20.4 Å². The number of fused-ring (bicyclic) bond motifs is 1. The van der Waals surface area contributed by atoms with E-state index < -0.39 is 29.0 Å². The number of aryl methyl sites for hydroxylation is 2. The SMILES string of the molecule is Cc1cc(Cn2c(=O)c3c(ncn3CC(=O)Nc3cccc(N4CCC(C(C)(F)F)CC4)n3)n(C)c2=O)no1. The molecule has 1 N–H and O–H groups in total. The molecule has 0 radical (unpaired) electrons. The van der Waals surface area contributed by atoms with Crippen molar-refractivity contribution < 1.29 is 18.1 Å². The third kappa shape index (κ3) is 5.31. The van der Waals surface area contributed by atoms with Gasteiger partial charge < -0.3 is 19.3 Å². The van der Waals surface area contributed by atoms with Gasteiger partial charge in [0, 0.05) is 32.1 Å². The predicted molar refractivity (Wildman–Crippen MR) is 138 cm³/mol. The highest BCUT2D eigenvalue weighted by atomic mass is 19.3. The van der Waals surface area contributed by atoms with Crippen molar-refractivity contribution in [1.82, 2.24) is 28.8 Å². The highest BCUT2D eigenvalue weighted by Gasteiger charge is 2.36. The third-order valence-electron chi connectivity index (χ3n) is 6.95. The van der Waals surface area contributed by atoms with Crippen LogP contribution >= 0.6 is 0 Å². The molecular formula is C25H28F2N8O4. The number of amides is 1. The molecule has 4 aromatic heterocycles. The lowest BCUT2D eigenvalue weighted by atomic mass is 9.91. The first-order chi connectivity index (χ1) is 18.5. The topological polar surface area (TPSA) is 133 Å². The summed E-state index contributed by atoms with van der Waals surface area (Å²) in [4.78, 5) is 49.6. The molecule has 4 aromatic rings. The normalized spacial score (nSPS) is 14.7. The van der Waals surface area contributed by atoms with Crippen molar-refractivity contribution in [3.05, 3.63) is 62.9 Å². The summed E-state index contributed by atoms with van der Waals surface area (Å²) in [6.07, 6.45) is 2.03. The average molecular weight is 543 g/mol. The Bertz CT molecular complexity index is 1640. The molecule has 0 aliphatic carbocycles. The highest BCUT2D eigenvalue weighted by Crippen LogP contribution is 2.33. The fraction of sp³-hybridized carbons (Fsp3) is 0.440. The molecule has 1 saturated heterocycles. The minimum atomic E-state index is -2.71. The van der Waals surface area contributed by atoms with Crippen LogP contribution in [0.4, 0.5) is 20.4 Å². The maximum atomic E-state index is 13.7. The van der Waals surface area contributed by atoms with Crippen molar-refractivity contribution in [2.75, 3.05) is 23.3 Å². The number of nitrogens with one attached hydrogen (secondary N) is 1. The summed E-state index contributed by atoms with van der Waals surface area (Å²) < 4.78 is 36.0. The molecule has 12 nitrogen and oxygen atoms in total. The third-order valence-corrected chi connectivity index (χ3v) is 6.95. The number of imidazole rings is 1. The van der Waals surface area contributed by atoms with Crippen LogP contribution in [0.1, 0.15) is 31.2 Å². The molecule has 0 aromatic carbocycles. The summed E-state index contributed by atoms with van der Waals surface area (Å²) in [7, 11) is 1.49. The van der Waals surface area contributed by atoms with Crippen LogP contribution < -0.4 is 21.5 Å². The molecule has 1 fully saturated rings. The van der Waals surface area contributed by atoms with Gasteiger partial charge in [-0.05, 0) is 38.8 Å². The van der Waals surface area contributed by atoms with E-state index >= 15 is 0 Å². The summed E-state index contributed by atoms with van der Waals surface area (Å²) in [5.41, 5.74) is -0.541. The molecule has 0 saturated carbocycles. The van der Waals surface area contributed by atoms with Crippen LogP contribution in [0, 0.1) is 12.8 Å². The van der Waals surface area contributed by atoms with E-state index in [1.165, 1.54) is 22.5 Å². The van der Waals surface area contributed by atoms with E-state index in [9.17, 15) is 23.2 Å². The number of nitrogens with zero attached hydrogens (tertiary/aromatic N) is 7. The lowest BCUT2D eigenvalue weighted by Gasteiger charge is -2.35. The van der Waals surface area contributed by atoms with Crippen molar-refractivity contribution in [1.29, 1.82) is 0 Å². The average Bonchev–Trinajstić information content (AvgIpc) is 3.51. The molecule has 0 bridgehead atoms. The molecule has 5 heterocycles. The summed E-state index contributed by atoms with van der Waals surface area (Å²) in [6.45, 7) is 3.19. The van der Waals surface area contributed by atoms with Gasteiger partial charge >= 0.3 is 5.69 Å². The quantitative estimate of drug-likeness (QED) is 0.376. The summed E-state index contributed by atoms with van der Waals surface area (Å²) in [6, 6.07) is 6.74. The monoisotopic (exact) mass is 542 g/mol. The van der Waals surface area contributed by atoms with Crippen LogP contribution in [0.2, 0.25) is 0 Å². The lowest BCUT2D eigenvalue weighted by Crippen LogP contribution is -2.40. The van der Waals surface area contributed by atoms with Gasteiger partial charge in [-0.2, -0.15) is 0 Å². The zero-order valence-corrected chi connectivity index (χ0v) is 21.7. The van der Waals surface area contributed by atoms with E-state index in [-0.39, 0.29) is 30.1 Å². The lowest BCUT2D eigenvalue weighted by molar-refractivity contribution is -0.116. The molecule has 0 atom stereocenters. The van der Waals surface area contributed by atoms with Gasteiger partial charge in [-0.1, -0.05) is 11.2 Å². The number of hydrogen-bond donors (Lipinski definition) is 1. The smallest absolute Gasteiger partial charge is 0.332 e. The minimum Gasteiger partial charge on any atom is -0.361 e. The number of halogens is 2. The van der Waals surface area contributed by atoms with E-state index in [0.717, 1.165) is 11.5 Å². The summed E-state index contributed by atoms with van der Waals surface area (Å²) in [5.74, 6) is -2.42. The Morgan fingerprint density at radius 2 is 1.97 bits per heavy atom. The molecule has 206 valence electrons. The van der Waals surface area contributed by atoms with Crippen LogP contribution in [0.5, 0.6) is 0 Å². The standard InChI is InChI=1S/C25H28F2N8O4/c1-15-11-17(31-39-15)12-35-23(37)21-22(32(3)24(35)38)28-14-34(21)13-20(36)30-18-5-4-6-19(29-18)33-9-7-16(8-10-33)25(2,26)27/h4-6,11,14,16H,7-10,12-13H2,1-3H3,(H,29,30,36). The molecule has 1 amide bonds. The van der Waals surface area contributed by atoms with Crippen molar-refractivity contribution in [2.45, 2.75) is 45.7 Å².